The highest BCUT2D eigenvalue weighted by Crippen LogP contribution is 2.31. The number of halogens is 1. The highest BCUT2D eigenvalue weighted by molar-refractivity contribution is 6.31. The van der Waals surface area contributed by atoms with Gasteiger partial charge in [-0.3, -0.25) is 4.79 Å². The number of aromatic nitrogens is 2. The van der Waals surface area contributed by atoms with E-state index in [0.717, 1.165) is 16.9 Å². The molecule has 4 rings (SSSR count). The molecule has 34 heavy (non-hydrogen) atoms. The van der Waals surface area contributed by atoms with Crippen LogP contribution in [0.15, 0.2) is 54.6 Å². The Morgan fingerprint density at radius 1 is 1.03 bits per heavy atom. The quantitative estimate of drug-likeness (QED) is 0.361. The van der Waals surface area contributed by atoms with Gasteiger partial charge in [0.15, 0.2) is 6.61 Å². The summed E-state index contributed by atoms with van der Waals surface area (Å²) in [7, 11) is 3.08. The van der Waals surface area contributed by atoms with Crippen molar-refractivity contribution in [2.24, 2.45) is 0 Å². The zero-order valence-electron chi connectivity index (χ0n) is 18.8. The number of esters is 1. The van der Waals surface area contributed by atoms with Gasteiger partial charge in [0.2, 0.25) is 0 Å². The Balaban J connectivity index is 1.42. The highest BCUT2D eigenvalue weighted by Gasteiger charge is 2.15. The second-order valence-electron chi connectivity index (χ2n) is 7.47. The number of amides is 1. The molecule has 0 spiro atoms. The number of H-pyrrole nitrogens is 1. The van der Waals surface area contributed by atoms with Crippen molar-refractivity contribution in [1.29, 1.82) is 0 Å². The third-order valence-corrected chi connectivity index (χ3v) is 5.58. The molecule has 0 bridgehead atoms. The molecule has 1 amide bonds. The Labute approximate surface area is 200 Å². The number of ether oxygens (including phenoxy) is 3. The summed E-state index contributed by atoms with van der Waals surface area (Å²) in [5, 5.41) is 3.19. The van der Waals surface area contributed by atoms with E-state index in [-0.39, 0.29) is 0 Å². The zero-order chi connectivity index (χ0) is 24.2. The van der Waals surface area contributed by atoms with E-state index in [2.05, 4.69) is 15.3 Å². The Morgan fingerprint density at radius 3 is 2.50 bits per heavy atom. The normalized spacial score (nSPS) is 10.7. The molecule has 0 aliphatic carbocycles. The first-order valence-electron chi connectivity index (χ1n) is 10.3. The fourth-order valence-corrected chi connectivity index (χ4v) is 3.51. The van der Waals surface area contributed by atoms with Gasteiger partial charge in [-0.15, -0.1) is 0 Å². The lowest BCUT2D eigenvalue weighted by molar-refractivity contribution is -0.119. The molecule has 1 aromatic heterocycles. The minimum Gasteiger partial charge on any atom is -0.497 e. The van der Waals surface area contributed by atoms with Crippen LogP contribution in [0.4, 0.5) is 5.69 Å². The molecule has 0 unspecified atom stereocenters. The fourth-order valence-electron chi connectivity index (χ4n) is 3.35. The van der Waals surface area contributed by atoms with Crippen LogP contribution in [0.25, 0.3) is 22.4 Å². The molecular formula is C25H22ClN3O5. The summed E-state index contributed by atoms with van der Waals surface area (Å²) < 4.78 is 15.6. The first-order chi connectivity index (χ1) is 16.4. The zero-order valence-corrected chi connectivity index (χ0v) is 19.5. The lowest BCUT2D eigenvalue weighted by atomic mass is 10.2. The molecular weight excluding hydrogens is 458 g/mol. The second-order valence-corrected chi connectivity index (χ2v) is 7.88. The highest BCUT2D eigenvalue weighted by atomic mass is 35.5. The first kappa shape index (κ1) is 23.1. The number of hydrogen-bond acceptors (Lipinski definition) is 6. The van der Waals surface area contributed by atoms with E-state index >= 15 is 0 Å². The summed E-state index contributed by atoms with van der Waals surface area (Å²) in [5.41, 5.74) is 3.76. The summed E-state index contributed by atoms with van der Waals surface area (Å²) >= 11 is 6.09. The average molecular weight is 480 g/mol. The van der Waals surface area contributed by atoms with Crippen LogP contribution in [-0.2, 0) is 9.53 Å². The minimum absolute atomic E-state index is 0.296. The Hall–Kier alpha value is -4.04. The lowest BCUT2D eigenvalue weighted by Crippen LogP contribution is -2.21. The second kappa shape index (κ2) is 9.84. The third kappa shape index (κ3) is 4.97. The van der Waals surface area contributed by atoms with E-state index in [0.29, 0.717) is 38.9 Å². The van der Waals surface area contributed by atoms with Crippen LogP contribution in [-0.4, -0.2) is 42.7 Å². The number of anilines is 1. The van der Waals surface area contributed by atoms with Crippen LogP contribution >= 0.6 is 11.6 Å². The number of methoxy groups -OCH3 is 2. The number of carbonyl (C=O) groups is 2. The van der Waals surface area contributed by atoms with Crippen molar-refractivity contribution in [2.75, 3.05) is 26.1 Å². The van der Waals surface area contributed by atoms with Gasteiger partial charge in [-0.25, -0.2) is 9.78 Å². The summed E-state index contributed by atoms with van der Waals surface area (Å²) in [6.07, 6.45) is 0. The van der Waals surface area contributed by atoms with Crippen LogP contribution in [0.5, 0.6) is 11.5 Å². The molecule has 0 fully saturated rings. The summed E-state index contributed by atoms with van der Waals surface area (Å²) in [5.74, 6) is 0.690. The predicted octanol–water partition coefficient (Wildman–Crippen LogP) is 5.00. The number of aryl methyl sites for hydroxylation is 1. The smallest absolute Gasteiger partial charge is 0.338 e. The summed E-state index contributed by atoms with van der Waals surface area (Å²) in [6, 6.07) is 15.7. The van der Waals surface area contributed by atoms with Crippen molar-refractivity contribution in [3.8, 4) is 22.9 Å². The molecule has 3 aromatic carbocycles. The molecule has 1 heterocycles. The molecule has 4 aromatic rings. The number of imidazole rings is 1. The van der Waals surface area contributed by atoms with Crippen molar-refractivity contribution in [1.82, 2.24) is 9.97 Å². The van der Waals surface area contributed by atoms with Crippen molar-refractivity contribution < 1.29 is 23.8 Å². The van der Waals surface area contributed by atoms with Gasteiger partial charge in [0, 0.05) is 16.7 Å². The van der Waals surface area contributed by atoms with Crippen LogP contribution in [0.3, 0.4) is 0 Å². The fraction of sp³-hybridized carbons (Fsp3) is 0.160. The molecule has 0 aliphatic rings. The van der Waals surface area contributed by atoms with Crippen molar-refractivity contribution in [3.05, 3.63) is 70.7 Å². The van der Waals surface area contributed by atoms with Gasteiger partial charge in [-0.2, -0.15) is 0 Å². The van der Waals surface area contributed by atoms with Gasteiger partial charge >= 0.3 is 5.97 Å². The minimum atomic E-state index is -0.628. The molecule has 0 aliphatic heterocycles. The van der Waals surface area contributed by atoms with E-state index < -0.39 is 18.5 Å². The molecule has 174 valence electrons. The van der Waals surface area contributed by atoms with Gasteiger partial charge in [-0.1, -0.05) is 11.6 Å². The largest absolute Gasteiger partial charge is 0.497 e. The van der Waals surface area contributed by atoms with Crippen molar-refractivity contribution in [3.63, 3.8) is 0 Å². The molecule has 9 heteroatoms. The van der Waals surface area contributed by atoms with Gasteiger partial charge in [0.1, 0.15) is 17.3 Å². The van der Waals surface area contributed by atoms with E-state index in [1.807, 2.05) is 31.2 Å². The molecule has 0 saturated heterocycles. The number of nitrogens with one attached hydrogen (secondary N) is 2. The van der Waals surface area contributed by atoms with Crippen LogP contribution in [0.2, 0.25) is 5.02 Å². The maximum Gasteiger partial charge on any atom is 0.338 e. The lowest BCUT2D eigenvalue weighted by Gasteiger charge is -2.12. The third-order valence-electron chi connectivity index (χ3n) is 5.17. The Kier molecular flexibility index (Phi) is 6.70. The molecule has 0 saturated carbocycles. The SMILES string of the molecule is COc1ccc(-c2nc3ccc(C(=O)OCC(=O)Nc4cc(C)c(Cl)cc4OC)cc3[nH]2)cc1. The summed E-state index contributed by atoms with van der Waals surface area (Å²) in [6.45, 7) is 1.35. The van der Waals surface area contributed by atoms with Crippen LogP contribution in [0.1, 0.15) is 15.9 Å². The standard InChI is InChI=1S/C25H22ClN3O5/c1-14-10-21(22(33-3)12-18(14)26)27-23(30)13-34-25(31)16-6-9-19-20(11-16)29-24(28-19)15-4-7-17(32-2)8-5-15/h4-12H,13H2,1-3H3,(H,27,30)(H,28,29). The van der Waals surface area contributed by atoms with Gasteiger partial charge in [-0.05, 0) is 61.0 Å². The van der Waals surface area contributed by atoms with Crippen LogP contribution in [0, 0.1) is 6.92 Å². The van der Waals surface area contributed by atoms with Gasteiger partial charge in [0.25, 0.3) is 5.91 Å². The number of aromatic amines is 1. The maximum absolute atomic E-state index is 12.5. The van der Waals surface area contributed by atoms with Gasteiger partial charge < -0.3 is 24.5 Å². The van der Waals surface area contributed by atoms with Crippen LogP contribution < -0.4 is 14.8 Å². The number of fused-ring (bicyclic) bond motifs is 1. The number of rotatable bonds is 7. The number of nitrogens with zero attached hydrogens (tertiary/aromatic N) is 1. The molecule has 0 radical (unpaired) electrons. The molecule has 0 atom stereocenters. The Bertz CT molecular complexity index is 1370. The first-order valence-corrected chi connectivity index (χ1v) is 10.7. The molecule has 2 N–H and O–H groups in total. The summed E-state index contributed by atoms with van der Waals surface area (Å²) in [4.78, 5) is 32.6. The number of carbonyl (C=O) groups excluding carboxylic acids is 2. The Morgan fingerprint density at radius 2 is 1.79 bits per heavy atom. The van der Waals surface area contributed by atoms with E-state index in [4.69, 9.17) is 25.8 Å². The van der Waals surface area contributed by atoms with Crippen molar-refractivity contribution >= 4 is 40.2 Å². The van der Waals surface area contributed by atoms with E-state index in [1.165, 1.54) is 7.11 Å². The average Bonchev–Trinajstić information content (AvgIpc) is 3.28. The monoisotopic (exact) mass is 479 g/mol. The maximum atomic E-state index is 12.5. The van der Waals surface area contributed by atoms with E-state index in [1.54, 1.807) is 37.4 Å². The molecule has 8 nitrogen and oxygen atoms in total. The number of benzene rings is 3. The number of hydrogen-bond donors (Lipinski definition) is 2. The van der Waals surface area contributed by atoms with Crippen molar-refractivity contribution in [2.45, 2.75) is 6.92 Å². The van der Waals surface area contributed by atoms with Gasteiger partial charge in [0.05, 0.1) is 36.5 Å². The predicted molar refractivity (Wildman–Crippen MR) is 130 cm³/mol. The topological polar surface area (TPSA) is 103 Å². The van der Waals surface area contributed by atoms with E-state index in [9.17, 15) is 9.59 Å².